The molecular weight excluding hydrogens is 282 g/mol. The molecule has 0 spiro atoms. The zero-order valence-corrected chi connectivity index (χ0v) is 12.6. The Morgan fingerprint density at radius 2 is 2.31 bits per heavy atom. The molecule has 3 heteroatoms. The van der Waals surface area contributed by atoms with Crippen molar-refractivity contribution in [3.8, 4) is 0 Å². The van der Waals surface area contributed by atoms with Crippen LogP contribution in [0.2, 0.25) is 0 Å². The van der Waals surface area contributed by atoms with Crippen molar-refractivity contribution in [2.45, 2.75) is 27.2 Å². The topological polar surface area (TPSA) is 12.0 Å². The fraction of sp³-hybridized carbons (Fsp3) is 0.538. The second-order valence-electron chi connectivity index (χ2n) is 4.35. The van der Waals surface area contributed by atoms with Crippen molar-refractivity contribution in [2.75, 3.05) is 13.1 Å². The van der Waals surface area contributed by atoms with E-state index in [9.17, 15) is 0 Å². The van der Waals surface area contributed by atoms with Crippen molar-refractivity contribution in [1.29, 1.82) is 0 Å². The van der Waals surface area contributed by atoms with Gasteiger partial charge in [-0.1, -0.05) is 26.3 Å². The van der Waals surface area contributed by atoms with Gasteiger partial charge in [0, 0.05) is 21.3 Å². The van der Waals surface area contributed by atoms with Gasteiger partial charge in [0.1, 0.15) is 0 Å². The fourth-order valence-electron chi connectivity index (χ4n) is 1.40. The van der Waals surface area contributed by atoms with E-state index in [-0.39, 0.29) is 0 Å². The van der Waals surface area contributed by atoms with E-state index in [0.29, 0.717) is 5.92 Å². The minimum absolute atomic E-state index is 0.717. The highest BCUT2D eigenvalue weighted by atomic mass is 79.9. The molecule has 0 atom stereocenters. The van der Waals surface area contributed by atoms with Gasteiger partial charge in [0.05, 0.1) is 0 Å². The summed E-state index contributed by atoms with van der Waals surface area (Å²) in [7, 11) is 0. The molecule has 90 valence electrons. The smallest absolute Gasteiger partial charge is 0.0288 e. The number of hydrogen-bond donors (Lipinski definition) is 1. The van der Waals surface area contributed by atoms with Crippen LogP contribution in [0, 0.1) is 5.92 Å². The first-order valence-corrected chi connectivity index (χ1v) is 7.43. The zero-order valence-electron chi connectivity index (χ0n) is 10.2. The molecule has 0 saturated heterocycles. The Balaban J connectivity index is 2.50. The van der Waals surface area contributed by atoms with Crippen molar-refractivity contribution in [3.63, 3.8) is 0 Å². The molecule has 1 nitrogen and oxygen atoms in total. The standard InChI is InChI=1S/C13H20BrNS/c1-4-11(8-15-7-10(2)3)5-13-6-12(14)9-16-13/h5-6,9-10,15H,4,7-8H2,1-3H3. The Kier molecular flexibility index (Phi) is 6.32. The third-order valence-electron chi connectivity index (χ3n) is 2.29. The summed E-state index contributed by atoms with van der Waals surface area (Å²) in [5.74, 6) is 0.717. The second kappa shape index (κ2) is 7.25. The minimum atomic E-state index is 0.717. The molecule has 1 aromatic rings. The van der Waals surface area contributed by atoms with Crippen molar-refractivity contribution in [2.24, 2.45) is 5.92 Å². The normalized spacial score (nSPS) is 12.4. The monoisotopic (exact) mass is 301 g/mol. The van der Waals surface area contributed by atoms with Crippen LogP contribution in [-0.4, -0.2) is 13.1 Å². The first kappa shape index (κ1) is 13.9. The predicted octanol–water partition coefficient (Wildman–Crippen LogP) is 4.55. The van der Waals surface area contributed by atoms with E-state index >= 15 is 0 Å². The number of rotatable bonds is 6. The lowest BCUT2D eigenvalue weighted by molar-refractivity contribution is 0.569. The molecular formula is C13H20BrNS. The lowest BCUT2D eigenvalue weighted by atomic mass is 10.1. The van der Waals surface area contributed by atoms with Crippen molar-refractivity contribution in [1.82, 2.24) is 5.32 Å². The SMILES string of the molecule is CCC(=Cc1cc(Br)cs1)CNCC(C)C. The van der Waals surface area contributed by atoms with Gasteiger partial charge < -0.3 is 5.32 Å². The second-order valence-corrected chi connectivity index (χ2v) is 6.21. The van der Waals surface area contributed by atoms with Crippen molar-refractivity contribution in [3.05, 3.63) is 26.4 Å². The number of thiophene rings is 1. The molecule has 1 rings (SSSR count). The number of halogens is 1. The molecule has 0 radical (unpaired) electrons. The highest BCUT2D eigenvalue weighted by Gasteiger charge is 1.99. The summed E-state index contributed by atoms with van der Waals surface area (Å²) in [6, 6.07) is 2.17. The first-order valence-electron chi connectivity index (χ1n) is 5.76. The van der Waals surface area contributed by atoms with E-state index in [2.05, 4.69) is 59.5 Å². The lowest BCUT2D eigenvalue weighted by Crippen LogP contribution is -2.21. The van der Waals surface area contributed by atoms with Crippen LogP contribution in [0.25, 0.3) is 6.08 Å². The maximum Gasteiger partial charge on any atom is 0.0288 e. The summed E-state index contributed by atoms with van der Waals surface area (Å²) >= 11 is 5.26. The zero-order chi connectivity index (χ0) is 12.0. The molecule has 0 amide bonds. The van der Waals surface area contributed by atoms with Crippen LogP contribution in [0.1, 0.15) is 32.1 Å². The van der Waals surface area contributed by atoms with Crippen LogP contribution < -0.4 is 5.32 Å². The van der Waals surface area contributed by atoms with E-state index in [0.717, 1.165) is 19.5 Å². The van der Waals surface area contributed by atoms with Crippen molar-refractivity contribution < 1.29 is 0 Å². The van der Waals surface area contributed by atoms with Gasteiger partial charge in [-0.15, -0.1) is 11.3 Å². The van der Waals surface area contributed by atoms with Gasteiger partial charge in [0.2, 0.25) is 0 Å². The fourth-order valence-corrected chi connectivity index (χ4v) is 2.83. The largest absolute Gasteiger partial charge is 0.313 e. The number of nitrogens with one attached hydrogen (secondary N) is 1. The van der Waals surface area contributed by atoms with Gasteiger partial charge in [0.15, 0.2) is 0 Å². The van der Waals surface area contributed by atoms with E-state index in [1.54, 1.807) is 11.3 Å². The van der Waals surface area contributed by atoms with Gasteiger partial charge in [0.25, 0.3) is 0 Å². The predicted molar refractivity (Wildman–Crippen MR) is 78.0 cm³/mol. The van der Waals surface area contributed by atoms with E-state index in [4.69, 9.17) is 0 Å². The van der Waals surface area contributed by atoms with Crippen molar-refractivity contribution >= 4 is 33.3 Å². The highest BCUT2D eigenvalue weighted by molar-refractivity contribution is 9.10. The molecule has 0 saturated carbocycles. The van der Waals surface area contributed by atoms with Crippen LogP contribution in [0.5, 0.6) is 0 Å². The molecule has 1 heterocycles. The average molecular weight is 302 g/mol. The van der Waals surface area contributed by atoms with Gasteiger partial charge >= 0.3 is 0 Å². The Hall–Kier alpha value is -0.120. The first-order chi connectivity index (χ1) is 7.61. The summed E-state index contributed by atoms with van der Waals surface area (Å²) in [5, 5.41) is 5.61. The average Bonchev–Trinajstić information content (AvgIpc) is 2.62. The van der Waals surface area contributed by atoms with Crippen LogP contribution in [-0.2, 0) is 0 Å². The molecule has 0 bridgehead atoms. The van der Waals surface area contributed by atoms with E-state index in [1.165, 1.54) is 14.9 Å². The van der Waals surface area contributed by atoms with E-state index in [1.807, 2.05) is 0 Å². The molecule has 1 N–H and O–H groups in total. The highest BCUT2D eigenvalue weighted by Crippen LogP contribution is 2.22. The van der Waals surface area contributed by atoms with Gasteiger partial charge in [-0.05, 0) is 47.0 Å². The molecule has 16 heavy (non-hydrogen) atoms. The Morgan fingerprint density at radius 1 is 1.56 bits per heavy atom. The number of hydrogen-bond acceptors (Lipinski definition) is 2. The summed E-state index contributed by atoms with van der Waals surface area (Å²) in [4.78, 5) is 1.33. The quantitative estimate of drug-likeness (QED) is 0.813. The van der Waals surface area contributed by atoms with Gasteiger partial charge in [-0.3, -0.25) is 0 Å². The lowest BCUT2D eigenvalue weighted by Gasteiger charge is -2.09. The maximum absolute atomic E-state index is 3.49. The summed E-state index contributed by atoms with van der Waals surface area (Å²) in [5.41, 5.74) is 1.47. The molecule has 0 aliphatic carbocycles. The summed E-state index contributed by atoms with van der Waals surface area (Å²) < 4.78 is 1.18. The molecule has 0 aromatic carbocycles. The van der Waals surface area contributed by atoms with E-state index < -0.39 is 0 Å². The van der Waals surface area contributed by atoms with Crippen LogP contribution in [0.4, 0.5) is 0 Å². The Labute approximate surface area is 111 Å². The maximum atomic E-state index is 3.49. The third kappa shape index (κ3) is 5.28. The molecule has 0 aliphatic rings. The summed E-state index contributed by atoms with van der Waals surface area (Å²) in [6.45, 7) is 8.78. The Morgan fingerprint density at radius 3 is 2.81 bits per heavy atom. The molecule has 0 fully saturated rings. The molecule has 1 aromatic heterocycles. The van der Waals surface area contributed by atoms with Crippen LogP contribution in [0.15, 0.2) is 21.5 Å². The summed E-state index contributed by atoms with van der Waals surface area (Å²) in [6.07, 6.45) is 3.41. The Bertz CT molecular complexity index is 341. The van der Waals surface area contributed by atoms with Crippen LogP contribution >= 0.6 is 27.3 Å². The van der Waals surface area contributed by atoms with Crippen LogP contribution in [0.3, 0.4) is 0 Å². The minimum Gasteiger partial charge on any atom is -0.313 e. The van der Waals surface area contributed by atoms with Gasteiger partial charge in [-0.25, -0.2) is 0 Å². The van der Waals surface area contributed by atoms with Gasteiger partial charge in [-0.2, -0.15) is 0 Å². The molecule has 0 aliphatic heterocycles. The molecule has 0 unspecified atom stereocenters. The third-order valence-corrected chi connectivity index (χ3v) is 3.93.